The molecule has 8 heteroatoms. The van der Waals surface area contributed by atoms with E-state index in [0.717, 1.165) is 17.7 Å². The molecule has 2 heterocycles. The molecule has 0 aliphatic heterocycles. The molecule has 0 atom stereocenters. The Morgan fingerprint density at radius 3 is 2.62 bits per heavy atom. The Balaban J connectivity index is 1.33. The molecule has 1 amide bonds. The van der Waals surface area contributed by atoms with Gasteiger partial charge in [0, 0.05) is 10.9 Å². The summed E-state index contributed by atoms with van der Waals surface area (Å²) < 4.78 is 5.82. The van der Waals surface area contributed by atoms with Gasteiger partial charge in [0.1, 0.15) is 11.4 Å². The second-order valence-corrected chi connectivity index (χ2v) is 8.18. The molecular formula is C26H29N5O3. The van der Waals surface area contributed by atoms with E-state index >= 15 is 0 Å². The smallest absolute Gasteiger partial charge is 0.313 e. The fraction of sp³-hybridized carbons (Fsp3) is 0.308. The number of fused-ring (bicyclic) bond motifs is 1. The molecule has 4 aromatic rings. The van der Waals surface area contributed by atoms with Crippen molar-refractivity contribution in [2.45, 2.75) is 45.4 Å². The minimum Gasteiger partial charge on any atom is -0.494 e. The van der Waals surface area contributed by atoms with E-state index < -0.39 is 5.91 Å². The highest BCUT2D eigenvalue weighted by molar-refractivity contribution is 5.96. The van der Waals surface area contributed by atoms with Crippen LogP contribution in [0, 0.1) is 0 Å². The van der Waals surface area contributed by atoms with Gasteiger partial charge < -0.3 is 14.8 Å². The van der Waals surface area contributed by atoms with E-state index in [-0.39, 0.29) is 17.3 Å². The van der Waals surface area contributed by atoms with E-state index in [9.17, 15) is 9.90 Å². The Bertz CT molecular complexity index is 1260. The van der Waals surface area contributed by atoms with Crippen molar-refractivity contribution in [3.05, 3.63) is 60.3 Å². The summed E-state index contributed by atoms with van der Waals surface area (Å²) in [5, 5.41) is 25.4. The third-order valence-corrected chi connectivity index (χ3v) is 5.63. The van der Waals surface area contributed by atoms with Crippen LogP contribution in [0.4, 0.5) is 5.69 Å². The van der Waals surface area contributed by atoms with Gasteiger partial charge in [-0.1, -0.05) is 57.2 Å². The SMILES string of the molecule is CCCCCCCCOc1ccc(-c2cc(C(=O)N=Nc3c(O)[nH]c4ccccc34)[nH]n2)cc1. The molecule has 0 radical (unpaired) electrons. The average molecular weight is 460 g/mol. The van der Waals surface area contributed by atoms with Crippen LogP contribution in [0.2, 0.25) is 0 Å². The molecule has 0 saturated heterocycles. The number of ether oxygens (including phenoxy) is 1. The number of carbonyl (C=O) groups excluding carboxylic acids is 1. The van der Waals surface area contributed by atoms with Gasteiger partial charge in [0.15, 0.2) is 5.69 Å². The average Bonchev–Trinajstić information content (AvgIpc) is 3.47. The van der Waals surface area contributed by atoms with E-state index in [4.69, 9.17) is 4.74 Å². The minimum absolute atomic E-state index is 0.137. The number of hydrogen-bond acceptors (Lipinski definition) is 5. The molecule has 2 aromatic carbocycles. The van der Waals surface area contributed by atoms with E-state index in [1.807, 2.05) is 42.5 Å². The van der Waals surface area contributed by atoms with Crippen molar-refractivity contribution in [1.82, 2.24) is 15.2 Å². The molecule has 3 N–H and O–H groups in total. The maximum absolute atomic E-state index is 12.5. The Morgan fingerprint density at radius 1 is 1.03 bits per heavy atom. The normalized spacial score (nSPS) is 11.4. The van der Waals surface area contributed by atoms with Crippen LogP contribution in [0.1, 0.15) is 55.9 Å². The van der Waals surface area contributed by atoms with Crippen LogP contribution in [0.3, 0.4) is 0 Å². The van der Waals surface area contributed by atoms with Gasteiger partial charge in [-0.05, 0) is 42.8 Å². The van der Waals surface area contributed by atoms with Crippen LogP contribution in [0.15, 0.2) is 64.8 Å². The molecule has 2 aromatic heterocycles. The van der Waals surface area contributed by atoms with Gasteiger partial charge in [-0.3, -0.25) is 9.89 Å². The Kier molecular flexibility index (Phi) is 7.70. The Hall–Kier alpha value is -3.94. The third kappa shape index (κ3) is 5.70. The van der Waals surface area contributed by atoms with Crippen molar-refractivity contribution in [2.24, 2.45) is 10.2 Å². The molecule has 176 valence electrons. The van der Waals surface area contributed by atoms with Gasteiger partial charge in [-0.2, -0.15) is 5.10 Å². The third-order valence-electron chi connectivity index (χ3n) is 5.63. The zero-order valence-corrected chi connectivity index (χ0v) is 19.3. The summed E-state index contributed by atoms with van der Waals surface area (Å²) in [5.41, 5.74) is 2.62. The first kappa shape index (κ1) is 23.2. The number of nitrogens with one attached hydrogen (secondary N) is 2. The Labute approximate surface area is 198 Å². The highest BCUT2D eigenvalue weighted by atomic mass is 16.5. The topological polar surface area (TPSA) is 116 Å². The number of unbranched alkanes of at least 4 members (excludes halogenated alkanes) is 5. The van der Waals surface area contributed by atoms with Crippen LogP contribution < -0.4 is 4.74 Å². The van der Waals surface area contributed by atoms with Crippen molar-refractivity contribution in [1.29, 1.82) is 0 Å². The van der Waals surface area contributed by atoms with Crippen LogP contribution >= 0.6 is 0 Å². The molecule has 0 bridgehead atoms. The number of benzene rings is 2. The van der Waals surface area contributed by atoms with Gasteiger partial charge in [0.25, 0.3) is 0 Å². The van der Waals surface area contributed by atoms with Gasteiger partial charge in [0.05, 0.1) is 17.8 Å². The first-order valence-electron chi connectivity index (χ1n) is 11.7. The summed E-state index contributed by atoms with van der Waals surface area (Å²) >= 11 is 0. The number of aromatic hydroxyl groups is 1. The van der Waals surface area contributed by atoms with Crippen LogP contribution in [-0.2, 0) is 0 Å². The number of nitrogens with zero attached hydrogens (tertiary/aromatic N) is 3. The maximum atomic E-state index is 12.5. The van der Waals surface area contributed by atoms with Gasteiger partial charge in [0.2, 0.25) is 5.88 Å². The molecule has 0 saturated carbocycles. The lowest BCUT2D eigenvalue weighted by molar-refractivity contribution is 0.0990. The van der Waals surface area contributed by atoms with Crippen molar-refractivity contribution in [3.8, 4) is 22.9 Å². The monoisotopic (exact) mass is 459 g/mol. The molecule has 0 fully saturated rings. The summed E-state index contributed by atoms with van der Waals surface area (Å²) in [5.74, 6) is 0.0978. The highest BCUT2D eigenvalue weighted by Gasteiger charge is 2.13. The van der Waals surface area contributed by atoms with Gasteiger partial charge in [-0.15, -0.1) is 10.2 Å². The van der Waals surface area contributed by atoms with Crippen molar-refractivity contribution < 1.29 is 14.6 Å². The molecule has 34 heavy (non-hydrogen) atoms. The number of hydrogen-bond donors (Lipinski definition) is 3. The second kappa shape index (κ2) is 11.3. The number of aromatic amines is 2. The summed E-state index contributed by atoms with van der Waals surface area (Å²) in [4.78, 5) is 15.3. The van der Waals surface area contributed by atoms with Crippen LogP contribution in [-0.4, -0.2) is 32.8 Å². The molecule has 0 spiro atoms. The lowest BCUT2D eigenvalue weighted by Crippen LogP contribution is -1.97. The molecule has 8 nitrogen and oxygen atoms in total. The summed E-state index contributed by atoms with van der Waals surface area (Å²) in [7, 11) is 0. The number of H-pyrrole nitrogens is 2. The fourth-order valence-corrected chi connectivity index (χ4v) is 3.74. The van der Waals surface area contributed by atoms with E-state index in [1.165, 1.54) is 32.1 Å². The lowest BCUT2D eigenvalue weighted by atomic mass is 10.1. The number of azo groups is 1. The standard InChI is InChI=1S/C26H29N5O3/c1-2-3-4-5-6-9-16-34-19-14-12-18(13-15-19)22-17-23(29-28-22)25(32)31-30-24-20-10-7-8-11-21(20)27-26(24)33/h7-8,10-15,17,27,33H,2-6,9,16H2,1H3,(H,28,29). The first-order valence-corrected chi connectivity index (χ1v) is 11.7. The van der Waals surface area contributed by atoms with E-state index in [2.05, 4.69) is 32.3 Å². The van der Waals surface area contributed by atoms with Crippen LogP contribution in [0.25, 0.3) is 22.2 Å². The Morgan fingerprint density at radius 2 is 1.79 bits per heavy atom. The van der Waals surface area contributed by atoms with Crippen LogP contribution in [0.5, 0.6) is 11.6 Å². The number of rotatable bonds is 11. The minimum atomic E-state index is -0.581. The van der Waals surface area contributed by atoms with Crippen molar-refractivity contribution >= 4 is 22.5 Å². The lowest BCUT2D eigenvalue weighted by Gasteiger charge is -2.06. The van der Waals surface area contributed by atoms with E-state index in [1.54, 1.807) is 12.1 Å². The fourth-order valence-electron chi connectivity index (χ4n) is 3.74. The largest absolute Gasteiger partial charge is 0.494 e. The first-order chi connectivity index (χ1) is 16.7. The maximum Gasteiger partial charge on any atom is 0.313 e. The van der Waals surface area contributed by atoms with Crippen molar-refractivity contribution in [2.75, 3.05) is 6.61 Å². The highest BCUT2D eigenvalue weighted by Crippen LogP contribution is 2.35. The summed E-state index contributed by atoms with van der Waals surface area (Å²) in [6.07, 6.45) is 7.37. The molecule has 0 aliphatic rings. The molecule has 0 unspecified atom stereocenters. The zero-order valence-electron chi connectivity index (χ0n) is 19.3. The summed E-state index contributed by atoms with van der Waals surface area (Å²) in [6, 6.07) is 16.5. The summed E-state index contributed by atoms with van der Waals surface area (Å²) in [6.45, 7) is 2.93. The number of para-hydroxylation sites is 1. The number of aromatic nitrogens is 3. The molecule has 4 rings (SSSR count). The van der Waals surface area contributed by atoms with Gasteiger partial charge in [-0.25, -0.2) is 0 Å². The van der Waals surface area contributed by atoms with Crippen molar-refractivity contribution in [3.63, 3.8) is 0 Å². The number of carbonyl (C=O) groups is 1. The molecule has 0 aliphatic carbocycles. The quantitative estimate of drug-likeness (QED) is 0.167. The van der Waals surface area contributed by atoms with E-state index in [0.29, 0.717) is 23.2 Å². The zero-order chi connectivity index (χ0) is 23.8. The predicted molar refractivity (Wildman–Crippen MR) is 132 cm³/mol. The molecular weight excluding hydrogens is 430 g/mol. The van der Waals surface area contributed by atoms with Gasteiger partial charge >= 0.3 is 5.91 Å². The predicted octanol–water partition coefficient (Wildman–Crippen LogP) is 6.93. The number of amides is 1. The second-order valence-electron chi connectivity index (χ2n) is 8.18.